The molecule has 0 bridgehead atoms. The van der Waals surface area contributed by atoms with E-state index < -0.39 is 23.7 Å². The van der Waals surface area contributed by atoms with Crippen molar-refractivity contribution in [2.75, 3.05) is 0 Å². The average Bonchev–Trinajstić information content (AvgIpc) is 2.87. The number of rotatable bonds is 4. The first-order chi connectivity index (χ1) is 17.7. The molecule has 4 aromatic carbocycles. The van der Waals surface area contributed by atoms with E-state index in [9.17, 15) is 17.6 Å². The molecule has 0 saturated heterocycles. The van der Waals surface area contributed by atoms with Crippen molar-refractivity contribution in [3.05, 3.63) is 112 Å². The Morgan fingerprint density at radius 2 is 1.38 bits per heavy atom. The molecule has 6 heteroatoms. The quantitative estimate of drug-likeness (QED) is 0.201. The van der Waals surface area contributed by atoms with Gasteiger partial charge in [0.05, 0.1) is 5.56 Å². The summed E-state index contributed by atoms with van der Waals surface area (Å²) < 4.78 is 69.4. The molecular formula is C31H21F5O. The Bertz CT molecular complexity index is 1550. The van der Waals surface area contributed by atoms with Crippen molar-refractivity contribution in [3.8, 4) is 29.4 Å². The molecule has 0 aliphatic carbocycles. The molecule has 0 unspecified atom stereocenters. The summed E-state index contributed by atoms with van der Waals surface area (Å²) in [5, 5.41) is 0.988. The molecule has 0 atom stereocenters. The van der Waals surface area contributed by atoms with Crippen molar-refractivity contribution in [1.29, 1.82) is 0 Å². The maximum atomic E-state index is 15.1. The highest BCUT2D eigenvalue weighted by Gasteiger charge is 2.32. The summed E-state index contributed by atoms with van der Waals surface area (Å²) in [6.45, 7) is 2.16. The van der Waals surface area contributed by atoms with Gasteiger partial charge in [-0.3, -0.25) is 0 Å². The zero-order chi connectivity index (χ0) is 26.4. The highest BCUT2D eigenvalue weighted by Crippen LogP contribution is 2.26. The molecule has 0 spiro atoms. The van der Waals surface area contributed by atoms with E-state index in [-0.39, 0.29) is 11.1 Å². The Morgan fingerprint density at radius 3 is 2.08 bits per heavy atom. The molecule has 0 radical (unpaired) electrons. The molecule has 0 N–H and O–H groups in total. The van der Waals surface area contributed by atoms with Gasteiger partial charge in [-0.2, -0.15) is 0 Å². The van der Waals surface area contributed by atoms with Gasteiger partial charge in [-0.05, 0) is 72.3 Å². The number of unbranched alkanes of at least 4 members (excludes halogenated alkanes) is 1. The van der Waals surface area contributed by atoms with Crippen LogP contribution in [0.3, 0.4) is 0 Å². The monoisotopic (exact) mass is 504 g/mol. The van der Waals surface area contributed by atoms with Gasteiger partial charge in [0.2, 0.25) is 0 Å². The second-order valence-corrected chi connectivity index (χ2v) is 8.36. The SMILES string of the molecule is CCCCc1ccc(C#Cc2ccc3c(F)c(C#Cc4ccc(OC(F)(F)F)c(F)c4)ccc3c2)cc1. The third-order valence-corrected chi connectivity index (χ3v) is 5.58. The molecule has 37 heavy (non-hydrogen) atoms. The van der Waals surface area contributed by atoms with Crippen molar-refractivity contribution < 1.29 is 26.7 Å². The van der Waals surface area contributed by atoms with E-state index in [0.717, 1.165) is 42.5 Å². The number of hydrogen-bond acceptors (Lipinski definition) is 1. The molecule has 0 saturated carbocycles. The lowest BCUT2D eigenvalue weighted by Crippen LogP contribution is -2.17. The highest BCUT2D eigenvalue weighted by atomic mass is 19.4. The number of hydrogen-bond donors (Lipinski definition) is 0. The van der Waals surface area contributed by atoms with Crippen LogP contribution < -0.4 is 4.74 Å². The van der Waals surface area contributed by atoms with Gasteiger partial charge in [-0.25, -0.2) is 8.78 Å². The van der Waals surface area contributed by atoms with E-state index >= 15 is 4.39 Å². The van der Waals surface area contributed by atoms with Crippen molar-refractivity contribution >= 4 is 10.8 Å². The predicted molar refractivity (Wildman–Crippen MR) is 134 cm³/mol. The van der Waals surface area contributed by atoms with Crippen LogP contribution in [0.5, 0.6) is 5.75 Å². The van der Waals surface area contributed by atoms with E-state index in [4.69, 9.17) is 0 Å². The summed E-state index contributed by atoms with van der Waals surface area (Å²) in [4.78, 5) is 0. The van der Waals surface area contributed by atoms with Crippen LogP contribution in [0.25, 0.3) is 10.8 Å². The van der Waals surface area contributed by atoms with Crippen molar-refractivity contribution in [2.24, 2.45) is 0 Å². The number of halogens is 5. The van der Waals surface area contributed by atoms with Gasteiger partial charge in [-0.15, -0.1) is 13.2 Å². The fourth-order valence-corrected chi connectivity index (χ4v) is 3.67. The first-order valence-electron chi connectivity index (χ1n) is 11.6. The number of aryl methyl sites for hydroxylation is 1. The van der Waals surface area contributed by atoms with Gasteiger partial charge in [0.1, 0.15) is 5.82 Å². The summed E-state index contributed by atoms with van der Waals surface area (Å²) in [6.07, 6.45) is -1.66. The maximum absolute atomic E-state index is 15.1. The lowest BCUT2D eigenvalue weighted by atomic mass is 10.0. The highest BCUT2D eigenvalue weighted by molar-refractivity contribution is 5.86. The van der Waals surface area contributed by atoms with Crippen LogP contribution in [-0.4, -0.2) is 6.36 Å². The molecule has 0 heterocycles. The van der Waals surface area contributed by atoms with Crippen LogP contribution in [0.4, 0.5) is 22.0 Å². The minimum atomic E-state index is -5.01. The van der Waals surface area contributed by atoms with Crippen LogP contribution in [0.15, 0.2) is 72.8 Å². The fourth-order valence-electron chi connectivity index (χ4n) is 3.67. The average molecular weight is 504 g/mol. The zero-order valence-corrected chi connectivity index (χ0v) is 19.8. The minimum Gasteiger partial charge on any atom is -0.403 e. The van der Waals surface area contributed by atoms with Crippen molar-refractivity contribution in [2.45, 2.75) is 32.5 Å². The number of alkyl halides is 3. The molecule has 0 fully saturated rings. The van der Waals surface area contributed by atoms with Crippen molar-refractivity contribution in [3.63, 3.8) is 0 Å². The van der Waals surface area contributed by atoms with E-state index in [1.54, 1.807) is 24.3 Å². The van der Waals surface area contributed by atoms with Gasteiger partial charge in [0.25, 0.3) is 0 Å². The number of fused-ring (bicyclic) bond motifs is 1. The van der Waals surface area contributed by atoms with Crippen LogP contribution in [-0.2, 0) is 6.42 Å². The summed E-state index contributed by atoms with van der Waals surface area (Å²) >= 11 is 0. The van der Waals surface area contributed by atoms with E-state index in [1.807, 2.05) is 12.1 Å². The van der Waals surface area contributed by atoms with Gasteiger partial charge >= 0.3 is 6.36 Å². The second-order valence-electron chi connectivity index (χ2n) is 8.36. The Kier molecular flexibility index (Phi) is 7.80. The second kappa shape index (κ2) is 11.2. The first-order valence-corrected chi connectivity index (χ1v) is 11.6. The summed E-state index contributed by atoms with van der Waals surface area (Å²) in [5.41, 5.74) is 3.06. The molecule has 0 aliphatic rings. The van der Waals surface area contributed by atoms with Crippen LogP contribution in [0.1, 0.15) is 47.6 Å². The Hall–Kier alpha value is -4.29. The molecule has 0 aliphatic heterocycles. The smallest absolute Gasteiger partial charge is 0.403 e. The number of ether oxygens (including phenoxy) is 1. The normalized spacial score (nSPS) is 10.9. The molecule has 1 nitrogen and oxygen atoms in total. The Labute approximate surface area is 211 Å². The van der Waals surface area contributed by atoms with Crippen LogP contribution in [0, 0.1) is 35.3 Å². The molecule has 4 rings (SSSR count). The van der Waals surface area contributed by atoms with E-state index in [2.05, 4.69) is 47.5 Å². The first kappa shape index (κ1) is 25.8. The molecule has 186 valence electrons. The molecule has 4 aromatic rings. The minimum absolute atomic E-state index is 0.0746. The molecule has 0 amide bonds. The van der Waals surface area contributed by atoms with Gasteiger partial charge < -0.3 is 4.74 Å². The van der Waals surface area contributed by atoms with Crippen LogP contribution >= 0.6 is 0 Å². The van der Waals surface area contributed by atoms with Gasteiger partial charge in [-0.1, -0.05) is 61.3 Å². The van der Waals surface area contributed by atoms with Crippen LogP contribution in [0.2, 0.25) is 0 Å². The van der Waals surface area contributed by atoms with E-state index in [0.29, 0.717) is 10.8 Å². The third-order valence-electron chi connectivity index (χ3n) is 5.58. The largest absolute Gasteiger partial charge is 0.573 e. The standard InChI is InChI=1S/C31H21F5O/c1-2-3-4-21-5-7-22(8-6-21)9-10-23-12-17-27-26(19-23)16-15-25(30(27)33)14-11-24-13-18-29(28(32)20-24)37-31(34,35)36/h5-8,12-13,15-20H,2-4H2,1H3. The Morgan fingerprint density at radius 1 is 0.730 bits per heavy atom. The Balaban J connectivity index is 1.52. The lowest BCUT2D eigenvalue weighted by Gasteiger charge is -2.09. The lowest BCUT2D eigenvalue weighted by molar-refractivity contribution is -0.275. The van der Waals surface area contributed by atoms with Gasteiger partial charge in [0.15, 0.2) is 11.6 Å². The van der Waals surface area contributed by atoms with Gasteiger partial charge in [0, 0.05) is 22.1 Å². The zero-order valence-electron chi connectivity index (χ0n) is 19.8. The number of benzene rings is 4. The summed E-state index contributed by atoms with van der Waals surface area (Å²) in [5.74, 6) is 8.69. The maximum Gasteiger partial charge on any atom is 0.573 e. The predicted octanol–water partition coefficient (Wildman–Crippen LogP) is 8.16. The molecular weight excluding hydrogens is 483 g/mol. The topological polar surface area (TPSA) is 9.23 Å². The summed E-state index contributed by atoms with van der Waals surface area (Å²) in [7, 11) is 0. The van der Waals surface area contributed by atoms with E-state index in [1.165, 1.54) is 17.7 Å². The third kappa shape index (κ3) is 6.90. The van der Waals surface area contributed by atoms with Crippen molar-refractivity contribution in [1.82, 2.24) is 0 Å². The molecule has 0 aromatic heterocycles. The summed E-state index contributed by atoms with van der Waals surface area (Å²) in [6, 6.07) is 19.3. The fraction of sp³-hybridized carbons (Fsp3) is 0.161.